The first-order valence-corrected chi connectivity index (χ1v) is 12.5. The summed E-state index contributed by atoms with van der Waals surface area (Å²) in [5.41, 5.74) is 0.740. The monoisotopic (exact) mass is 490 g/mol. The summed E-state index contributed by atoms with van der Waals surface area (Å²) in [5.74, 6) is 0.594. The third-order valence-electron chi connectivity index (χ3n) is 6.54. The van der Waals surface area contributed by atoms with E-state index in [1.807, 2.05) is 4.72 Å². The Bertz CT molecular complexity index is 1340. The number of pyridine rings is 1. The van der Waals surface area contributed by atoms with E-state index in [1.165, 1.54) is 53.4 Å². The van der Waals surface area contributed by atoms with Gasteiger partial charge in [-0.25, -0.2) is 22.8 Å². The molecule has 1 amide bonds. The highest BCUT2D eigenvalue weighted by Crippen LogP contribution is 2.64. The molecule has 0 saturated heterocycles. The number of rotatable bonds is 7. The Balaban J connectivity index is 1.27. The van der Waals surface area contributed by atoms with Crippen LogP contribution in [0.25, 0.3) is 5.82 Å². The van der Waals surface area contributed by atoms with Crippen LogP contribution in [-0.2, 0) is 17.1 Å². The highest BCUT2D eigenvalue weighted by atomic mass is 35.5. The maximum Gasteiger partial charge on any atom is 0.268 e. The summed E-state index contributed by atoms with van der Waals surface area (Å²) in [6, 6.07) is 4.68. The SMILES string of the molecule is Cc1nn(C)cc1S(=O)(=O)NC(=O)c1ccc(-n2ccc(OCC3CCC34CC4)n2)nc1Cl. The summed E-state index contributed by atoms with van der Waals surface area (Å²) in [5, 5.41) is 8.22. The van der Waals surface area contributed by atoms with Crippen molar-refractivity contribution in [2.45, 2.75) is 37.5 Å². The molecule has 33 heavy (non-hydrogen) atoms. The standard InChI is InChI=1S/C21H23ClN6O4S/c1-13-16(11-27(2)24-13)33(30,31)26-20(29)15-3-4-17(23-19(15)22)28-10-6-18(25-28)32-12-14-5-7-21(14)8-9-21/h3-4,6,10-11,14H,5,7-9,12H2,1-2H3,(H,26,29). The van der Waals surface area contributed by atoms with Crippen molar-refractivity contribution < 1.29 is 17.9 Å². The molecule has 0 aliphatic heterocycles. The van der Waals surface area contributed by atoms with E-state index >= 15 is 0 Å². The number of sulfonamides is 1. The molecular formula is C21H23ClN6O4S. The summed E-state index contributed by atoms with van der Waals surface area (Å²) in [6.07, 6.45) is 8.14. The van der Waals surface area contributed by atoms with Gasteiger partial charge >= 0.3 is 0 Å². The van der Waals surface area contributed by atoms with Crippen LogP contribution in [0, 0.1) is 18.3 Å². The second-order valence-corrected chi connectivity index (χ2v) is 10.7. The van der Waals surface area contributed by atoms with E-state index in [0.29, 0.717) is 29.6 Å². The highest BCUT2D eigenvalue weighted by Gasteiger charge is 2.55. The summed E-state index contributed by atoms with van der Waals surface area (Å²) >= 11 is 6.20. The lowest BCUT2D eigenvalue weighted by Crippen LogP contribution is -2.32. The predicted octanol–water partition coefficient (Wildman–Crippen LogP) is 2.65. The first-order valence-electron chi connectivity index (χ1n) is 10.6. The van der Waals surface area contributed by atoms with Gasteiger partial charge in [-0.1, -0.05) is 11.6 Å². The minimum atomic E-state index is -4.11. The van der Waals surface area contributed by atoms with E-state index in [9.17, 15) is 13.2 Å². The second kappa shape index (κ2) is 7.84. The number of aryl methyl sites for hydroxylation is 2. The van der Waals surface area contributed by atoms with Crippen LogP contribution in [0.4, 0.5) is 0 Å². The molecule has 3 aromatic heterocycles. The summed E-state index contributed by atoms with van der Waals surface area (Å²) in [7, 11) is -2.52. The van der Waals surface area contributed by atoms with Crippen LogP contribution < -0.4 is 9.46 Å². The van der Waals surface area contributed by atoms with Crippen molar-refractivity contribution in [3.8, 4) is 11.7 Å². The molecule has 12 heteroatoms. The number of carbonyl (C=O) groups is 1. The number of hydrogen-bond donors (Lipinski definition) is 1. The van der Waals surface area contributed by atoms with Crippen LogP contribution in [0.1, 0.15) is 41.7 Å². The number of nitrogens with zero attached hydrogens (tertiary/aromatic N) is 5. The molecule has 10 nitrogen and oxygen atoms in total. The quantitative estimate of drug-likeness (QED) is 0.505. The van der Waals surface area contributed by atoms with Gasteiger partial charge in [0.1, 0.15) is 10.0 Å². The van der Waals surface area contributed by atoms with Crippen LogP contribution in [0.15, 0.2) is 35.5 Å². The molecular weight excluding hydrogens is 468 g/mol. The van der Waals surface area contributed by atoms with Crippen molar-refractivity contribution in [1.82, 2.24) is 29.3 Å². The van der Waals surface area contributed by atoms with Gasteiger partial charge in [0.2, 0.25) is 5.88 Å². The lowest BCUT2D eigenvalue weighted by atomic mass is 9.71. The van der Waals surface area contributed by atoms with Crippen molar-refractivity contribution in [3.05, 3.63) is 47.0 Å². The molecule has 3 heterocycles. The number of halogens is 1. The van der Waals surface area contributed by atoms with Crippen LogP contribution in [0.2, 0.25) is 5.15 Å². The Morgan fingerprint density at radius 1 is 1.27 bits per heavy atom. The minimum absolute atomic E-state index is 0.0751. The van der Waals surface area contributed by atoms with E-state index in [4.69, 9.17) is 16.3 Å². The summed E-state index contributed by atoms with van der Waals surface area (Å²) in [4.78, 5) is 16.7. The molecule has 1 spiro atoms. The normalized spacial score (nSPS) is 18.7. The Morgan fingerprint density at radius 2 is 2.06 bits per heavy atom. The number of carbonyl (C=O) groups excluding carboxylic acids is 1. The molecule has 1 atom stereocenters. The van der Waals surface area contributed by atoms with E-state index < -0.39 is 15.9 Å². The zero-order valence-corrected chi connectivity index (χ0v) is 19.7. The molecule has 0 radical (unpaired) electrons. The Morgan fingerprint density at radius 3 is 2.67 bits per heavy atom. The van der Waals surface area contributed by atoms with E-state index in [1.54, 1.807) is 26.2 Å². The average molecular weight is 491 g/mol. The first kappa shape index (κ1) is 21.9. The largest absolute Gasteiger partial charge is 0.476 e. The maximum atomic E-state index is 12.6. The number of aromatic nitrogens is 5. The van der Waals surface area contributed by atoms with Crippen molar-refractivity contribution in [2.24, 2.45) is 18.4 Å². The number of ether oxygens (including phenoxy) is 1. The van der Waals surface area contributed by atoms with Crippen LogP contribution in [0.3, 0.4) is 0 Å². The van der Waals surface area contributed by atoms with Gasteiger partial charge < -0.3 is 4.74 Å². The van der Waals surface area contributed by atoms with Crippen molar-refractivity contribution >= 4 is 27.5 Å². The lowest BCUT2D eigenvalue weighted by Gasteiger charge is -2.36. The van der Waals surface area contributed by atoms with Gasteiger partial charge in [0.15, 0.2) is 5.82 Å². The molecule has 5 rings (SSSR count). The third kappa shape index (κ3) is 4.10. The van der Waals surface area contributed by atoms with Gasteiger partial charge in [0.25, 0.3) is 15.9 Å². The molecule has 2 aliphatic rings. The fourth-order valence-electron chi connectivity index (χ4n) is 4.33. The zero-order valence-electron chi connectivity index (χ0n) is 18.2. The van der Waals surface area contributed by atoms with Crippen LogP contribution in [0.5, 0.6) is 5.88 Å². The molecule has 3 aromatic rings. The number of amides is 1. The second-order valence-electron chi connectivity index (χ2n) is 8.70. The highest BCUT2D eigenvalue weighted by molar-refractivity contribution is 7.90. The van der Waals surface area contributed by atoms with Crippen LogP contribution in [-0.4, -0.2) is 45.5 Å². The molecule has 174 valence electrons. The molecule has 1 unspecified atom stereocenters. The van der Waals surface area contributed by atoms with Crippen molar-refractivity contribution in [1.29, 1.82) is 0 Å². The Labute approximate surface area is 196 Å². The molecule has 2 fully saturated rings. The van der Waals surface area contributed by atoms with Gasteiger partial charge in [-0.05, 0) is 56.1 Å². The smallest absolute Gasteiger partial charge is 0.268 e. The summed E-state index contributed by atoms with van der Waals surface area (Å²) < 4.78 is 35.8. The van der Waals surface area contributed by atoms with Crippen LogP contribution >= 0.6 is 11.6 Å². The minimum Gasteiger partial charge on any atom is -0.476 e. The fraction of sp³-hybridized carbons (Fsp3) is 0.429. The zero-order chi connectivity index (χ0) is 23.4. The van der Waals surface area contributed by atoms with Crippen molar-refractivity contribution in [2.75, 3.05) is 6.61 Å². The van der Waals surface area contributed by atoms with Crippen molar-refractivity contribution in [3.63, 3.8) is 0 Å². The predicted molar refractivity (Wildman–Crippen MR) is 119 cm³/mol. The number of hydrogen-bond acceptors (Lipinski definition) is 7. The molecule has 0 aromatic carbocycles. The van der Waals surface area contributed by atoms with E-state index in [2.05, 4.69) is 15.2 Å². The van der Waals surface area contributed by atoms with Gasteiger partial charge in [-0.15, -0.1) is 5.10 Å². The van der Waals surface area contributed by atoms with E-state index in [-0.39, 0.29) is 21.3 Å². The molecule has 1 N–H and O–H groups in total. The molecule has 0 bridgehead atoms. The first-order chi connectivity index (χ1) is 15.7. The van der Waals surface area contributed by atoms with E-state index in [0.717, 1.165) is 0 Å². The van der Waals surface area contributed by atoms with Gasteiger partial charge in [0.05, 0.1) is 17.9 Å². The average Bonchev–Trinajstić information content (AvgIpc) is 3.33. The Hall–Kier alpha value is -2.92. The van der Waals surface area contributed by atoms with Gasteiger partial charge in [-0.3, -0.25) is 9.48 Å². The fourth-order valence-corrected chi connectivity index (χ4v) is 5.75. The van der Waals surface area contributed by atoms with Gasteiger partial charge in [0, 0.05) is 25.5 Å². The third-order valence-corrected chi connectivity index (χ3v) is 8.27. The van der Waals surface area contributed by atoms with Gasteiger partial charge in [-0.2, -0.15) is 5.10 Å². The lowest BCUT2D eigenvalue weighted by molar-refractivity contribution is 0.0815. The maximum absolute atomic E-state index is 12.6. The molecule has 2 saturated carbocycles. The Kier molecular flexibility index (Phi) is 5.20. The number of nitrogens with one attached hydrogen (secondary N) is 1. The molecule has 2 aliphatic carbocycles. The summed E-state index contributed by atoms with van der Waals surface area (Å²) in [6.45, 7) is 2.20. The topological polar surface area (TPSA) is 121 Å².